The van der Waals surface area contributed by atoms with Gasteiger partial charge in [0.15, 0.2) is 17.6 Å². The van der Waals surface area contributed by atoms with E-state index in [9.17, 15) is 42.9 Å². The van der Waals surface area contributed by atoms with Crippen LogP contribution in [0, 0.1) is 0 Å². The summed E-state index contributed by atoms with van der Waals surface area (Å²) in [5, 5.41) is 37.3. The van der Waals surface area contributed by atoms with Crippen molar-refractivity contribution in [1.82, 2.24) is 20.4 Å². The lowest BCUT2D eigenvalue weighted by atomic mass is 9.84. The van der Waals surface area contributed by atoms with Crippen molar-refractivity contribution in [3.8, 4) is 5.75 Å². The molecule has 0 bridgehead atoms. The molecule has 38 heavy (non-hydrogen) atoms. The third-order valence-corrected chi connectivity index (χ3v) is 7.20. The minimum absolute atomic E-state index is 0.0156. The second kappa shape index (κ2) is 8.19. The number of amides is 3. The van der Waals surface area contributed by atoms with Crippen molar-refractivity contribution in [2.75, 3.05) is 13.1 Å². The van der Waals surface area contributed by atoms with Crippen molar-refractivity contribution in [2.24, 2.45) is 21.5 Å². The number of nitrogens with one attached hydrogen (secondary N) is 2. The number of nitrogens with two attached hydrogens (primary N) is 2. The molecule has 5 rings (SSSR count). The van der Waals surface area contributed by atoms with Gasteiger partial charge >= 0.3 is 6.18 Å². The highest BCUT2D eigenvalue weighted by molar-refractivity contribution is 6.02. The van der Waals surface area contributed by atoms with E-state index >= 15 is 0 Å². The first-order chi connectivity index (χ1) is 17.7. The fraction of sp³-hybridized carbons (Fsp3) is 0.476. The number of phenolic OH excluding ortho intramolecular Hbond substituents is 1. The first-order valence-corrected chi connectivity index (χ1v) is 11.4. The third kappa shape index (κ3) is 3.60. The summed E-state index contributed by atoms with van der Waals surface area (Å²) in [5.41, 5.74) is 8.05. The Morgan fingerprint density at radius 1 is 1.18 bits per heavy atom. The van der Waals surface area contributed by atoms with Crippen LogP contribution in [0.4, 0.5) is 13.2 Å². The summed E-state index contributed by atoms with van der Waals surface area (Å²) < 4.78 is 39.6. The van der Waals surface area contributed by atoms with Gasteiger partial charge in [-0.3, -0.25) is 19.3 Å². The van der Waals surface area contributed by atoms with E-state index in [1.54, 1.807) is 0 Å². The summed E-state index contributed by atoms with van der Waals surface area (Å²) in [6.45, 7) is -0.642. The lowest BCUT2D eigenvalue weighted by Gasteiger charge is -2.49. The normalized spacial score (nSPS) is 30.0. The van der Waals surface area contributed by atoms with E-state index in [-0.39, 0.29) is 37.9 Å². The molecule has 9 N–H and O–H groups in total. The number of imide groups is 1. The molecule has 14 nitrogen and oxygen atoms in total. The molecule has 4 atom stereocenters. The van der Waals surface area contributed by atoms with E-state index < -0.39 is 70.3 Å². The summed E-state index contributed by atoms with van der Waals surface area (Å²) >= 11 is 0. The van der Waals surface area contributed by atoms with Crippen LogP contribution in [0.5, 0.6) is 5.75 Å². The molecular formula is C21H23F3N8O6. The van der Waals surface area contributed by atoms with Crippen LogP contribution < -0.4 is 22.1 Å². The molecule has 4 aliphatic heterocycles. The third-order valence-electron chi connectivity index (χ3n) is 7.20. The summed E-state index contributed by atoms with van der Waals surface area (Å²) in [7, 11) is 0. The molecule has 2 fully saturated rings. The van der Waals surface area contributed by atoms with Crippen LogP contribution in [0.25, 0.3) is 0 Å². The van der Waals surface area contributed by atoms with Gasteiger partial charge in [0.1, 0.15) is 17.8 Å². The number of aliphatic imine (C=N–C) groups is 2. The Balaban J connectivity index is 1.45. The molecule has 2 saturated heterocycles. The van der Waals surface area contributed by atoms with Crippen LogP contribution in [0.2, 0.25) is 0 Å². The number of nitrogens with zero attached hydrogens (tertiary/aromatic N) is 4. The van der Waals surface area contributed by atoms with Crippen LogP contribution in [0.3, 0.4) is 0 Å². The average molecular weight is 540 g/mol. The van der Waals surface area contributed by atoms with Gasteiger partial charge in [-0.1, -0.05) is 0 Å². The highest BCUT2D eigenvalue weighted by Gasteiger charge is 2.73. The number of carbonyl (C=O) groups excluding carboxylic acids is 3. The van der Waals surface area contributed by atoms with Crippen molar-refractivity contribution < 1.29 is 42.9 Å². The molecular weight excluding hydrogens is 517 g/mol. The number of benzene rings is 1. The molecule has 17 heteroatoms. The average Bonchev–Trinajstić information content (AvgIpc) is 3.41. The summed E-state index contributed by atoms with van der Waals surface area (Å²) in [6, 6.07) is -1.74. The molecule has 1 spiro atoms. The smallest absolute Gasteiger partial charge is 0.419 e. The number of aliphatic hydroxyl groups is 2. The van der Waals surface area contributed by atoms with Crippen LogP contribution in [-0.2, 0) is 15.8 Å². The Hall–Kier alpha value is -4.12. The zero-order chi connectivity index (χ0) is 27.8. The van der Waals surface area contributed by atoms with Gasteiger partial charge in [-0.25, -0.2) is 9.98 Å². The van der Waals surface area contributed by atoms with Crippen LogP contribution in [-0.4, -0.2) is 97.4 Å². The molecule has 0 radical (unpaired) electrons. The van der Waals surface area contributed by atoms with Crippen molar-refractivity contribution in [3.63, 3.8) is 0 Å². The van der Waals surface area contributed by atoms with Gasteiger partial charge in [0.25, 0.3) is 5.91 Å². The minimum atomic E-state index is -4.95. The first kappa shape index (κ1) is 25.5. The summed E-state index contributed by atoms with van der Waals surface area (Å²) in [5.74, 6) is -6.43. The minimum Gasteiger partial charge on any atom is -0.507 e. The molecule has 1 unspecified atom stereocenters. The van der Waals surface area contributed by atoms with E-state index in [0.717, 1.165) is 11.0 Å². The molecule has 1 aromatic rings. The number of hydrogen-bond acceptors (Lipinski definition) is 12. The second-order valence-corrected chi connectivity index (χ2v) is 9.40. The van der Waals surface area contributed by atoms with Crippen molar-refractivity contribution in [2.45, 2.75) is 48.6 Å². The predicted octanol–water partition coefficient (Wildman–Crippen LogP) is -2.67. The maximum absolute atomic E-state index is 13.2. The maximum atomic E-state index is 13.2. The second-order valence-electron chi connectivity index (χ2n) is 9.40. The Bertz CT molecular complexity index is 1280. The van der Waals surface area contributed by atoms with Crippen molar-refractivity contribution in [1.29, 1.82) is 0 Å². The lowest BCUT2D eigenvalue weighted by Crippen LogP contribution is -2.78. The molecule has 0 aromatic heterocycles. The van der Waals surface area contributed by atoms with E-state index in [0.29, 0.717) is 12.1 Å². The Morgan fingerprint density at radius 2 is 1.84 bits per heavy atom. The fourth-order valence-corrected chi connectivity index (χ4v) is 5.39. The highest BCUT2D eigenvalue weighted by atomic mass is 19.4. The highest BCUT2D eigenvalue weighted by Crippen LogP contribution is 2.45. The van der Waals surface area contributed by atoms with Gasteiger partial charge in [-0.2, -0.15) is 13.2 Å². The zero-order valence-electron chi connectivity index (χ0n) is 19.4. The summed E-state index contributed by atoms with van der Waals surface area (Å²) in [6.07, 6.45) is -4.91. The molecule has 0 aliphatic carbocycles. The number of guanidine groups is 2. The van der Waals surface area contributed by atoms with Crippen LogP contribution >= 0.6 is 0 Å². The SMILES string of the molecule is NC1=N[C@H]2[C@H](CN3C(=O)CCC3=O)N=C(N)N3CC(NC(=O)c4ccc(O)c(C(F)(F)F)c4)C(O)(O)[C@]23N1. The standard InChI is InChI=1S/C21H23F3N8O6/c22-21(23,24)9-5-8(1-2-11(9)33)16(36)28-12-7-32-18(26)27-10(6-31-13(34)3-4-14(31)35)15-19(32,20(12,37)38)30-17(25)29-15/h1-2,5,10,12,15,33,37-38H,3-4,6-7H2,(H2,26,27)(H,28,36)(H3,25,29,30)/t10-,12?,15-,19-/m0/s1. The summed E-state index contributed by atoms with van der Waals surface area (Å²) in [4.78, 5) is 47.9. The number of likely N-dealkylation sites (tertiary alicyclic amines) is 1. The molecule has 4 heterocycles. The van der Waals surface area contributed by atoms with Crippen molar-refractivity contribution >= 4 is 29.6 Å². The van der Waals surface area contributed by atoms with Gasteiger partial charge < -0.3 is 42.3 Å². The van der Waals surface area contributed by atoms with Crippen molar-refractivity contribution in [3.05, 3.63) is 29.3 Å². The number of phenols is 1. The maximum Gasteiger partial charge on any atom is 0.419 e. The lowest BCUT2D eigenvalue weighted by molar-refractivity contribution is -0.230. The number of hydrogen-bond donors (Lipinski definition) is 7. The first-order valence-electron chi connectivity index (χ1n) is 11.4. The molecule has 0 saturated carbocycles. The van der Waals surface area contributed by atoms with Gasteiger partial charge in [-0.05, 0) is 18.2 Å². The van der Waals surface area contributed by atoms with Crippen LogP contribution in [0.15, 0.2) is 28.2 Å². The largest absolute Gasteiger partial charge is 0.507 e. The van der Waals surface area contributed by atoms with E-state index in [1.807, 2.05) is 0 Å². The topological polar surface area (TPSA) is 219 Å². The fourth-order valence-electron chi connectivity index (χ4n) is 5.39. The quantitative estimate of drug-likeness (QED) is 0.155. The Morgan fingerprint density at radius 3 is 2.47 bits per heavy atom. The van der Waals surface area contributed by atoms with Gasteiger partial charge in [-0.15, -0.1) is 0 Å². The van der Waals surface area contributed by atoms with Crippen LogP contribution in [0.1, 0.15) is 28.8 Å². The Labute approximate surface area is 211 Å². The molecule has 204 valence electrons. The number of aromatic hydroxyl groups is 1. The molecule has 1 aromatic carbocycles. The number of alkyl halides is 3. The van der Waals surface area contributed by atoms with Gasteiger partial charge in [0.05, 0.1) is 18.2 Å². The Kier molecular flexibility index (Phi) is 5.50. The molecule has 4 aliphatic rings. The zero-order valence-corrected chi connectivity index (χ0v) is 19.4. The number of rotatable bonds is 4. The number of carbonyl (C=O) groups is 3. The monoisotopic (exact) mass is 540 g/mol. The van der Waals surface area contributed by atoms with E-state index in [1.165, 1.54) is 4.90 Å². The molecule has 3 amide bonds. The van der Waals surface area contributed by atoms with E-state index in [4.69, 9.17) is 11.5 Å². The predicted molar refractivity (Wildman–Crippen MR) is 121 cm³/mol. The van der Waals surface area contributed by atoms with E-state index in [2.05, 4.69) is 20.6 Å². The van der Waals surface area contributed by atoms with Gasteiger partial charge in [0.2, 0.25) is 17.6 Å². The van der Waals surface area contributed by atoms with Gasteiger partial charge in [0, 0.05) is 24.9 Å². The number of halogens is 3.